The molecule has 176 valence electrons. The Bertz CT molecular complexity index is 818. The van der Waals surface area contributed by atoms with Crippen LogP contribution in [-0.2, 0) is 14.4 Å². The van der Waals surface area contributed by atoms with E-state index in [9.17, 15) is 29.1 Å². The van der Waals surface area contributed by atoms with Gasteiger partial charge in [0.1, 0.15) is 12.1 Å². The highest BCUT2D eigenvalue weighted by atomic mass is 127. The number of benzene rings is 1. The van der Waals surface area contributed by atoms with E-state index in [-0.39, 0.29) is 19.4 Å². The van der Waals surface area contributed by atoms with Gasteiger partial charge in [0.15, 0.2) is 0 Å². The highest BCUT2D eigenvalue weighted by molar-refractivity contribution is 14.1. The summed E-state index contributed by atoms with van der Waals surface area (Å²) < 4.78 is 1.03. The first-order chi connectivity index (χ1) is 15.1. The fourth-order valence-corrected chi connectivity index (χ4v) is 2.88. The minimum atomic E-state index is -1.46. The van der Waals surface area contributed by atoms with E-state index in [0.717, 1.165) is 3.57 Å². The molecule has 0 aliphatic rings. The Morgan fingerprint density at radius 2 is 1.38 bits per heavy atom. The quantitative estimate of drug-likeness (QED) is 0.139. The summed E-state index contributed by atoms with van der Waals surface area (Å²) in [7, 11) is 0. The lowest BCUT2D eigenvalue weighted by Crippen LogP contribution is -2.51. The molecule has 1 unspecified atom stereocenters. The Hall–Kier alpha value is -3.10. The first-order valence-electron chi connectivity index (χ1n) is 9.63. The number of rotatable bonds is 13. The van der Waals surface area contributed by atoms with Crippen LogP contribution in [0.1, 0.15) is 32.1 Å². The van der Waals surface area contributed by atoms with E-state index < -0.39 is 48.5 Å². The van der Waals surface area contributed by atoms with Gasteiger partial charge in [0.05, 0.1) is 0 Å². The minimum absolute atomic E-state index is 0.0516. The molecule has 2 atom stereocenters. The van der Waals surface area contributed by atoms with Gasteiger partial charge in [-0.1, -0.05) is 0 Å². The number of anilines is 1. The summed E-state index contributed by atoms with van der Waals surface area (Å²) in [5.41, 5.74) is 0.632. The van der Waals surface area contributed by atoms with Crippen molar-refractivity contribution >= 4 is 58.2 Å². The summed E-state index contributed by atoms with van der Waals surface area (Å²) in [5, 5.41) is 36.4. The Balaban J connectivity index is 2.36. The van der Waals surface area contributed by atoms with Crippen LogP contribution >= 0.6 is 22.6 Å². The second-order valence-electron chi connectivity index (χ2n) is 6.72. The Kier molecular flexibility index (Phi) is 11.8. The molecule has 0 saturated carbocycles. The number of halogens is 1. The van der Waals surface area contributed by atoms with Crippen molar-refractivity contribution in [2.75, 3.05) is 11.9 Å². The van der Waals surface area contributed by atoms with Crippen LogP contribution in [-0.4, -0.2) is 63.9 Å². The van der Waals surface area contributed by atoms with Crippen LogP contribution in [0, 0.1) is 3.57 Å². The molecule has 32 heavy (non-hydrogen) atoms. The van der Waals surface area contributed by atoms with E-state index in [2.05, 4.69) is 43.9 Å². The predicted octanol–water partition coefficient (Wildman–Crippen LogP) is 1.65. The van der Waals surface area contributed by atoms with Gasteiger partial charge in [0.25, 0.3) is 0 Å². The van der Waals surface area contributed by atoms with Crippen LogP contribution in [0.2, 0.25) is 0 Å². The second kappa shape index (κ2) is 14.1. The number of carboxylic acid groups (broad SMARTS) is 3. The van der Waals surface area contributed by atoms with Crippen LogP contribution in [0.4, 0.5) is 15.3 Å². The van der Waals surface area contributed by atoms with E-state index >= 15 is 0 Å². The first kappa shape index (κ1) is 26.9. The number of hydrogen-bond acceptors (Lipinski definition) is 5. The summed E-state index contributed by atoms with van der Waals surface area (Å²) in [4.78, 5) is 56.8. The number of urea groups is 2. The van der Waals surface area contributed by atoms with Crippen LogP contribution < -0.4 is 21.3 Å². The van der Waals surface area contributed by atoms with Gasteiger partial charge in [-0.2, -0.15) is 0 Å². The van der Waals surface area contributed by atoms with E-state index in [1.54, 1.807) is 12.1 Å². The lowest BCUT2D eigenvalue weighted by Gasteiger charge is -2.18. The average molecular weight is 564 g/mol. The van der Waals surface area contributed by atoms with E-state index in [4.69, 9.17) is 10.2 Å². The van der Waals surface area contributed by atoms with Gasteiger partial charge < -0.3 is 36.6 Å². The Morgan fingerprint density at radius 1 is 0.812 bits per heavy atom. The largest absolute Gasteiger partial charge is 0.481 e. The van der Waals surface area contributed by atoms with Crippen LogP contribution in [0.25, 0.3) is 0 Å². The van der Waals surface area contributed by atoms with Gasteiger partial charge in [0.2, 0.25) is 0 Å². The van der Waals surface area contributed by atoms with Crippen LogP contribution in [0.5, 0.6) is 0 Å². The summed E-state index contributed by atoms with van der Waals surface area (Å²) in [6, 6.07) is 3.04. The number of carboxylic acids is 3. The number of carbonyl (C=O) groups is 5. The maximum Gasteiger partial charge on any atom is 0.326 e. The third-order valence-electron chi connectivity index (χ3n) is 4.16. The van der Waals surface area contributed by atoms with Crippen LogP contribution in [0.15, 0.2) is 24.3 Å². The highest BCUT2D eigenvalue weighted by Gasteiger charge is 2.24. The Morgan fingerprint density at radius 3 is 1.91 bits per heavy atom. The van der Waals surface area contributed by atoms with E-state index in [1.165, 1.54) is 0 Å². The highest BCUT2D eigenvalue weighted by Crippen LogP contribution is 2.10. The fourth-order valence-electron chi connectivity index (χ4n) is 2.52. The van der Waals surface area contributed by atoms with E-state index in [0.29, 0.717) is 18.5 Å². The molecule has 0 fully saturated rings. The maximum atomic E-state index is 11.9. The predicted molar refractivity (Wildman–Crippen MR) is 121 cm³/mol. The number of nitrogens with one attached hydrogen (secondary N) is 4. The van der Waals surface area contributed by atoms with Gasteiger partial charge in [-0.25, -0.2) is 19.2 Å². The number of carbonyl (C=O) groups excluding carboxylic acids is 2. The molecule has 0 saturated heterocycles. The molecule has 0 aliphatic heterocycles. The van der Waals surface area contributed by atoms with Crippen molar-refractivity contribution in [3.63, 3.8) is 0 Å². The van der Waals surface area contributed by atoms with Gasteiger partial charge >= 0.3 is 30.0 Å². The number of amides is 4. The molecule has 0 spiro atoms. The molecular formula is C19H25IN4O8. The molecule has 12 nitrogen and oxygen atoms in total. The third-order valence-corrected chi connectivity index (χ3v) is 4.88. The molecule has 7 N–H and O–H groups in total. The monoisotopic (exact) mass is 564 g/mol. The molecular weight excluding hydrogens is 539 g/mol. The second-order valence-corrected chi connectivity index (χ2v) is 7.96. The van der Waals surface area contributed by atoms with E-state index in [1.807, 2.05) is 12.1 Å². The smallest absolute Gasteiger partial charge is 0.326 e. The van der Waals surface area contributed by atoms with Crippen molar-refractivity contribution in [2.24, 2.45) is 0 Å². The summed E-state index contributed by atoms with van der Waals surface area (Å²) in [5.74, 6) is -3.95. The third kappa shape index (κ3) is 11.3. The van der Waals surface area contributed by atoms with Gasteiger partial charge in [-0.05, 0) is 72.5 Å². The molecule has 1 aromatic rings. The molecule has 1 aromatic carbocycles. The van der Waals surface area contributed by atoms with Gasteiger partial charge in [-0.3, -0.25) is 4.79 Å². The normalized spacial score (nSPS) is 12.2. The van der Waals surface area contributed by atoms with Crippen molar-refractivity contribution in [3.05, 3.63) is 27.8 Å². The zero-order valence-electron chi connectivity index (χ0n) is 17.0. The van der Waals surface area contributed by atoms with Crippen LogP contribution in [0.3, 0.4) is 0 Å². The summed E-state index contributed by atoms with van der Waals surface area (Å²) in [6.07, 6.45) is 0.0531. The lowest BCUT2D eigenvalue weighted by molar-refractivity contribution is -0.140. The Labute approximate surface area is 197 Å². The molecule has 4 amide bonds. The molecule has 0 radical (unpaired) electrons. The molecule has 0 heterocycles. The topological polar surface area (TPSA) is 194 Å². The maximum absolute atomic E-state index is 11.9. The van der Waals surface area contributed by atoms with Crippen molar-refractivity contribution < 1.29 is 39.3 Å². The van der Waals surface area contributed by atoms with Crippen molar-refractivity contribution in [1.82, 2.24) is 16.0 Å². The number of hydrogen-bond donors (Lipinski definition) is 7. The average Bonchev–Trinajstić information content (AvgIpc) is 2.71. The molecule has 1 rings (SSSR count). The standard InChI is InChI=1S/C19H25IN4O8/c20-11-4-6-12(7-5-11)22-18(31)21-10-2-1-3-13(16(27)28)23-19(32)24-14(17(29)30)8-9-15(25)26/h4-7,13-14H,1-3,8-10H2,(H,25,26)(H,27,28)(H,29,30)(H2,21,22,31)(H2,23,24,32)/t13-,14?/m0/s1. The molecule has 0 aromatic heterocycles. The first-order valence-corrected chi connectivity index (χ1v) is 10.7. The molecule has 0 bridgehead atoms. The molecule has 0 aliphatic carbocycles. The zero-order chi connectivity index (χ0) is 24.1. The van der Waals surface area contributed by atoms with Gasteiger partial charge in [0, 0.05) is 22.2 Å². The summed E-state index contributed by atoms with van der Waals surface area (Å²) >= 11 is 2.15. The van der Waals surface area contributed by atoms with Crippen molar-refractivity contribution in [1.29, 1.82) is 0 Å². The zero-order valence-corrected chi connectivity index (χ0v) is 19.1. The summed E-state index contributed by atoms with van der Waals surface area (Å²) in [6.45, 7) is 0.283. The van der Waals surface area contributed by atoms with Crippen molar-refractivity contribution in [3.8, 4) is 0 Å². The SMILES string of the molecule is O=C(O)CCC(NC(=O)N[C@@H](CCCCNC(=O)Nc1ccc(I)cc1)C(=O)O)C(=O)O. The minimum Gasteiger partial charge on any atom is -0.481 e. The van der Waals surface area contributed by atoms with Crippen molar-refractivity contribution in [2.45, 2.75) is 44.2 Å². The fraction of sp³-hybridized carbons (Fsp3) is 0.421. The van der Waals surface area contributed by atoms with Gasteiger partial charge in [-0.15, -0.1) is 0 Å². The molecule has 13 heteroatoms. The number of aliphatic carboxylic acids is 3. The number of unbranched alkanes of at least 4 members (excludes halogenated alkanes) is 1. The lowest BCUT2D eigenvalue weighted by atomic mass is 10.1.